The van der Waals surface area contributed by atoms with Gasteiger partial charge in [0.15, 0.2) is 0 Å². The maximum absolute atomic E-state index is 12.3. The molecule has 1 atom stereocenters. The fourth-order valence-corrected chi connectivity index (χ4v) is 2.35. The Morgan fingerprint density at radius 2 is 1.62 bits per heavy atom. The molecule has 0 aliphatic carbocycles. The van der Waals surface area contributed by atoms with Gasteiger partial charge in [0.25, 0.3) is 0 Å². The molecule has 116 valence electrons. The Balaban J connectivity index is 2.74. The molecule has 3 heteroatoms. The number of carbonyl (C=O) groups is 2. The second-order valence-electron chi connectivity index (χ2n) is 6.86. The smallest absolute Gasteiger partial charge is 0.227 e. The first kappa shape index (κ1) is 17.4. The lowest BCUT2D eigenvalue weighted by molar-refractivity contribution is -0.125. The minimum absolute atomic E-state index is 0.0430. The predicted octanol–water partition coefficient (Wildman–Crippen LogP) is 4.39. The molecular weight excluding hydrogens is 262 g/mol. The van der Waals surface area contributed by atoms with Gasteiger partial charge in [-0.15, -0.1) is 0 Å². The number of carbonyl (C=O) groups excluding carboxylic acids is 2. The number of Topliss-reactive ketones (excluding diaryl/α,β-unsaturated/α-hetero) is 1. The average molecular weight is 289 g/mol. The van der Waals surface area contributed by atoms with Crippen molar-refractivity contribution in [2.45, 2.75) is 53.9 Å². The third-order valence-corrected chi connectivity index (χ3v) is 4.11. The van der Waals surface area contributed by atoms with Crippen LogP contribution >= 0.6 is 0 Å². The zero-order valence-electron chi connectivity index (χ0n) is 14.0. The number of nitrogens with one attached hydrogen (secondary N) is 1. The van der Waals surface area contributed by atoms with Crippen molar-refractivity contribution in [1.82, 2.24) is 0 Å². The average Bonchev–Trinajstić information content (AvgIpc) is 2.36. The van der Waals surface area contributed by atoms with E-state index in [1.807, 2.05) is 45.0 Å². The maximum Gasteiger partial charge on any atom is 0.227 e. The molecule has 1 aromatic rings. The second-order valence-corrected chi connectivity index (χ2v) is 6.86. The third-order valence-electron chi connectivity index (χ3n) is 4.11. The summed E-state index contributed by atoms with van der Waals surface area (Å²) in [6.07, 6.45) is 0.411. The number of ketones is 1. The van der Waals surface area contributed by atoms with Gasteiger partial charge >= 0.3 is 0 Å². The summed E-state index contributed by atoms with van der Waals surface area (Å²) >= 11 is 0. The van der Waals surface area contributed by atoms with E-state index < -0.39 is 0 Å². The van der Waals surface area contributed by atoms with E-state index in [4.69, 9.17) is 0 Å². The molecule has 0 spiro atoms. The SMILES string of the molecule is CC(=O)CC(C)(C)C(C)C(=O)Nc1ccc(C(C)C)cc1. The van der Waals surface area contributed by atoms with Gasteiger partial charge in [0.1, 0.15) is 5.78 Å². The van der Waals surface area contributed by atoms with Crippen LogP contribution < -0.4 is 5.32 Å². The Hall–Kier alpha value is -1.64. The lowest BCUT2D eigenvalue weighted by Gasteiger charge is -2.29. The van der Waals surface area contributed by atoms with Crippen LogP contribution in [0.2, 0.25) is 0 Å². The Morgan fingerprint density at radius 1 is 1.10 bits per heavy atom. The van der Waals surface area contributed by atoms with Gasteiger partial charge in [0, 0.05) is 18.0 Å². The van der Waals surface area contributed by atoms with Crippen molar-refractivity contribution in [3.05, 3.63) is 29.8 Å². The molecule has 1 rings (SSSR count). The van der Waals surface area contributed by atoms with E-state index in [2.05, 4.69) is 19.2 Å². The summed E-state index contributed by atoms with van der Waals surface area (Å²) in [7, 11) is 0. The zero-order chi connectivity index (χ0) is 16.2. The fourth-order valence-electron chi connectivity index (χ4n) is 2.35. The van der Waals surface area contributed by atoms with Crippen molar-refractivity contribution in [3.8, 4) is 0 Å². The standard InChI is InChI=1S/C18H27NO2/c1-12(2)15-7-9-16(10-8-15)19-17(21)14(4)18(5,6)11-13(3)20/h7-10,12,14H,11H2,1-6H3,(H,19,21). The molecule has 0 saturated carbocycles. The van der Waals surface area contributed by atoms with Crippen LogP contribution in [0.15, 0.2) is 24.3 Å². The zero-order valence-corrected chi connectivity index (χ0v) is 14.0. The van der Waals surface area contributed by atoms with Crippen LogP contribution in [0.1, 0.15) is 59.4 Å². The summed E-state index contributed by atoms with van der Waals surface area (Å²) in [6.45, 7) is 11.6. The van der Waals surface area contributed by atoms with E-state index in [-0.39, 0.29) is 23.0 Å². The van der Waals surface area contributed by atoms with E-state index in [1.54, 1.807) is 6.92 Å². The van der Waals surface area contributed by atoms with Crippen LogP contribution in [0, 0.1) is 11.3 Å². The van der Waals surface area contributed by atoms with Gasteiger partial charge in [-0.05, 0) is 36.0 Å². The molecule has 1 unspecified atom stereocenters. The third kappa shape index (κ3) is 5.00. The Morgan fingerprint density at radius 3 is 2.05 bits per heavy atom. The number of rotatable bonds is 6. The molecule has 21 heavy (non-hydrogen) atoms. The van der Waals surface area contributed by atoms with Crippen molar-refractivity contribution in [3.63, 3.8) is 0 Å². The van der Waals surface area contributed by atoms with E-state index in [0.717, 1.165) is 5.69 Å². The first-order valence-corrected chi connectivity index (χ1v) is 7.53. The lowest BCUT2D eigenvalue weighted by Crippen LogP contribution is -2.34. The minimum Gasteiger partial charge on any atom is -0.326 e. The first-order valence-electron chi connectivity index (χ1n) is 7.53. The number of anilines is 1. The van der Waals surface area contributed by atoms with E-state index in [0.29, 0.717) is 12.3 Å². The van der Waals surface area contributed by atoms with Crippen LogP contribution in [0.3, 0.4) is 0 Å². The van der Waals surface area contributed by atoms with Gasteiger partial charge in [-0.2, -0.15) is 0 Å². The van der Waals surface area contributed by atoms with Crippen LogP contribution in [-0.4, -0.2) is 11.7 Å². The van der Waals surface area contributed by atoms with E-state index >= 15 is 0 Å². The molecule has 0 saturated heterocycles. The molecule has 1 amide bonds. The van der Waals surface area contributed by atoms with Crippen molar-refractivity contribution in [2.75, 3.05) is 5.32 Å². The largest absolute Gasteiger partial charge is 0.326 e. The van der Waals surface area contributed by atoms with Crippen LogP contribution in [0.4, 0.5) is 5.69 Å². The van der Waals surface area contributed by atoms with Crippen molar-refractivity contribution in [1.29, 1.82) is 0 Å². The summed E-state index contributed by atoms with van der Waals surface area (Å²) in [6, 6.07) is 7.92. The topological polar surface area (TPSA) is 46.2 Å². The molecule has 0 aliphatic rings. The van der Waals surface area contributed by atoms with Gasteiger partial charge in [-0.3, -0.25) is 4.79 Å². The Bertz CT molecular complexity index is 500. The highest BCUT2D eigenvalue weighted by Gasteiger charge is 2.32. The first-order chi connectivity index (χ1) is 9.63. The van der Waals surface area contributed by atoms with E-state index in [9.17, 15) is 9.59 Å². The maximum atomic E-state index is 12.3. The normalized spacial score (nSPS) is 13.1. The molecule has 1 N–H and O–H groups in total. The molecule has 0 aliphatic heterocycles. The van der Waals surface area contributed by atoms with Crippen LogP contribution in [-0.2, 0) is 9.59 Å². The van der Waals surface area contributed by atoms with Gasteiger partial charge in [0.05, 0.1) is 0 Å². The minimum atomic E-state index is -0.339. The molecule has 0 radical (unpaired) electrons. The highest BCUT2D eigenvalue weighted by molar-refractivity contribution is 5.93. The number of benzene rings is 1. The molecule has 0 aromatic heterocycles. The highest BCUT2D eigenvalue weighted by Crippen LogP contribution is 2.31. The molecule has 0 heterocycles. The lowest BCUT2D eigenvalue weighted by atomic mass is 9.75. The van der Waals surface area contributed by atoms with Crippen molar-refractivity contribution < 1.29 is 9.59 Å². The van der Waals surface area contributed by atoms with Crippen molar-refractivity contribution >= 4 is 17.4 Å². The molecule has 0 fully saturated rings. The van der Waals surface area contributed by atoms with Crippen molar-refractivity contribution in [2.24, 2.45) is 11.3 Å². The van der Waals surface area contributed by atoms with Gasteiger partial charge in [-0.1, -0.05) is 46.8 Å². The summed E-state index contributed by atoms with van der Waals surface area (Å²) in [5, 5.41) is 2.94. The Kier molecular flexibility index (Phi) is 5.70. The number of hydrogen-bond donors (Lipinski definition) is 1. The molecule has 3 nitrogen and oxygen atoms in total. The molecule has 1 aromatic carbocycles. The van der Waals surface area contributed by atoms with Crippen LogP contribution in [0.25, 0.3) is 0 Å². The van der Waals surface area contributed by atoms with E-state index in [1.165, 1.54) is 5.56 Å². The monoisotopic (exact) mass is 289 g/mol. The van der Waals surface area contributed by atoms with Gasteiger partial charge in [0.2, 0.25) is 5.91 Å². The molecule has 0 bridgehead atoms. The quantitative estimate of drug-likeness (QED) is 0.844. The number of amides is 1. The fraction of sp³-hybridized carbons (Fsp3) is 0.556. The summed E-state index contributed by atoms with van der Waals surface area (Å²) in [4.78, 5) is 23.7. The van der Waals surface area contributed by atoms with Crippen LogP contribution in [0.5, 0.6) is 0 Å². The Labute approximate surface area is 128 Å². The summed E-state index contributed by atoms with van der Waals surface area (Å²) in [5.41, 5.74) is 1.71. The molecular formula is C18H27NO2. The summed E-state index contributed by atoms with van der Waals surface area (Å²) < 4.78 is 0. The highest BCUT2D eigenvalue weighted by atomic mass is 16.2. The second kappa shape index (κ2) is 6.88. The summed E-state index contributed by atoms with van der Waals surface area (Å²) in [5.74, 6) is 0.314. The van der Waals surface area contributed by atoms with Gasteiger partial charge in [-0.25, -0.2) is 0 Å². The van der Waals surface area contributed by atoms with Gasteiger partial charge < -0.3 is 10.1 Å². The number of hydrogen-bond acceptors (Lipinski definition) is 2. The predicted molar refractivity (Wildman–Crippen MR) is 87.4 cm³/mol.